The van der Waals surface area contributed by atoms with Gasteiger partial charge in [-0.2, -0.15) is 5.10 Å². The van der Waals surface area contributed by atoms with Crippen LogP contribution in [0.15, 0.2) is 24.3 Å². The lowest BCUT2D eigenvalue weighted by atomic mass is 10.1. The highest BCUT2D eigenvalue weighted by Gasteiger charge is 2.24. The number of aryl methyl sites for hydroxylation is 2. The Morgan fingerprint density at radius 3 is 2.38 bits per heavy atom. The number of nitrogens with zero attached hydrogens (tertiary/aromatic N) is 2. The smallest absolute Gasteiger partial charge is 0.323 e. The van der Waals surface area contributed by atoms with Crippen LogP contribution in [0.2, 0.25) is 5.02 Å². The minimum Gasteiger partial charge on any atom is -0.480 e. The molecule has 0 unspecified atom stereocenters. The third-order valence-corrected chi connectivity index (χ3v) is 3.27. The molecule has 2 aromatic rings. The molecule has 6 nitrogen and oxygen atoms in total. The van der Waals surface area contributed by atoms with E-state index in [0.717, 1.165) is 0 Å². The van der Waals surface area contributed by atoms with Crippen LogP contribution in [0.3, 0.4) is 0 Å². The van der Waals surface area contributed by atoms with E-state index in [1.165, 1.54) is 4.90 Å². The molecule has 0 saturated carbocycles. The minimum absolute atomic E-state index is 0.381. The van der Waals surface area contributed by atoms with Gasteiger partial charge in [-0.25, -0.2) is 0 Å². The molecule has 110 valence electrons. The molecule has 21 heavy (non-hydrogen) atoms. The maximum atomic E-state index is 12.6. The van der Waals surface area contributed by atoms with Crippen LogP contribution in [0, 0.1) is 13.8 Å². The summed E-state index contributed by atoms with van der Waals surface area (Å²) >= 11 is 5.82. The van der Waals surface area contributed by atoms with E-state index in [0.29, 0.717) is 27.7 Å². The van der Waals surface area contributed by atoms with Crippen LogP contribution < -0.4 is 4.90 Å². The maximum Gasteiger partial charge on any atom is 0.323 e. The Kier molecular flexibility index (Phi) is 4.28. The first kappa shape index (κ1) is 15.1. The molecule has 2 N–H and O–H groups in total. The molecular formula is C14H14ClN3O3. The number of hydrogen-bond acceptors (Lipinski definition) is 3. The van der Waals surface area contributed by atoms with E-state index in [2.05, 4.69) is 10.2 Å². The summed E-state index contributed by atoms with van der Waals surface area (Å²) in [5.41, 5.74) is 1.97. The lowest BCUT2D eigenvalue weighted by Gasteiger charge is -2.21. The van der Waals surface area contributed by atoms with Crippen molar-refractivity contribution in [3.63, 3.8) is 0 Å². The summed E-state index contributed by atoms with van der Waals surface area (Å²) in [6.45, 7) is 2.97. The number of aromatic amines is 1. The average molecular weight is 308 g/mol. The quantitative estimate of drug-likeness (QED) is 0.908. The molecule has 0 spiro atoms. The summed E-state index contributed by atoms with van der Waals surface area (Å²) in [6.07, 6.45) is 0. The van der Waals surface area contributed by atoms with E-state index in [-0.39, 0.29) is 0 Å². The zero-order valence-electron chi connectivity index (χ0n) is 11.6. The highest BCUT2D eigenvalue weighted by molar-refractivity contribution is 6.30. The first-order chi connectivity index (χ1) is 9.90. The molecular weight excluding hydrogens is 294 g/mol. The molecule has 1 amide bonds. The van der Waals surface area contributed by atoms with Crippen molar-refractivity contribution in [1.29, 1.82) is 0 Å². The Labute approximate surface area is 126 Å². The molecule has 2 rings (SSSR count). The van der Waals surface area contributed by atoms with Crippen molar-refractivity contribution >= 4 is 29.2 Å². The molecule has 0 radical (unpaired) electrons. The van der Waals surface area contributed by atoms with Crippen molar-refractivity contribution in [1.82, 2.24) is 10.2 Å². The van der Waals surface area contributed by atoms with E-state index in [1.54, 1.807) is 38.1 Å². The van der Waals surface area contributed by atoms with Gasteiger partial charge in [-0.05, 0) is 38.1 Å². The van der Waals surface area contributed by atoms with Crippen molar-refractivity contribution in [3.8, 4) is 0 Å². The summed E-state index contributed by atoms with van der Waals surface area (Å²) in [4.78, 5) is 24.9. The van der Waals surface area contributed by atoms with Gasteiger partial charge in [-0.15, -0.1) is 0 Å². The fraction of sp³-hybridized carbons (Fsp3) is 0.214. The van der Waals surface area contributed by atoms with Gasteiger partial charge in [0.2, 0.25) is 0 Å². The number of H-pyrrole nitrogens is 1. The Morgan fingerprint density at radius 2 is 1.90 bits per heavy atom. The van der Waals surface area contributed by atoms with Crippen molar-refractivity contribution in [2.75, 3.05) is 11.4 Å². The van der Waals surface area contributed by atoms with Crippen molar-refractivity contribution < 1.29 is 14.7 Å². The van der Waals surface area contributed by atoms with Crippen LogP contribution in [-0.4, -0.2) is 33.7 Å². The third kappa shape index (κ3) is 3.22. The Balaban J connectivity index is 2.43. The summed E-state index contributed by atoms with van der Waals surface area (Å²) in [7, 11) is 0. The Bertz CT molecular complexity index is 660. The number of hydrogen-bond donors (Lipinski definition) is 2. The van der Waals surface area contributed by atoms with Crippen LogP contribution in [-0.2, 0) is 4.79 Å². The summed E-state index contributed by atoms with van der Waals surface area (Å²) < 4.78 is 0. The maximum absolute atomic E-state index is 12.6. The summed E-state index contributed by atoms with van der Waals surface area (Å²) in [6, 6.07) is 6.42. The second-order valence-electron chi connectivity index (χ2n) is 4.57. The van der Waals surface area contributed by atoms with Gasteiger partial charge >= 0.3 is 5.97 Å². The van der Waals surface area contributed by atoms with Crippen LogP contribution in [0.25, 0.3) is 0 Å². The number of aliphatic carboxylic acids is 1. The minimum atomic E-state index is -1.10. The molecule has 0 atom stereocenters. The van der Waals surface area contributed by atoms with Gasteiger partial charge < -0.3 is 5.11 Å². The second-order valence-corrected chi connectivity index (χ2v) is 5.01. The summed E-state index contributed by atoms with van der Waals surface area (Å²) in [5.74, 6) is -1.51. The van der Waals surface area contributed by atoms with Crippen LogP contribution in [0.1, 0.15) is 21.7 Å². The number of aromatic nitrogens is 2. The largest absolute Gasteiger partial charge is 0.480 e. The molecule has 1 heterocycles. The lowest BCUT2D eigenvalue weighted by molar-refractivity contribution is -0.135. The van der Waals surface area contributed by atoms with E-state index < -0.39 is 18.4 Å². The van der Waals surface area contributed by atoms with Gasteiger partial charge in [0.1, 0.15) is 6.54 Å². The molecule has 0 aliphatic rings. The van der Waals surface area contributed by atoms with Gasteiger partial charge in [0.15, 0.2) is 0 Å². The fourth-order valence-electron chi connectivity index (χ4n) is 2.04. The van der Waals surface area contributed by atoms with Gasteiger partial charge in [-0.1, -0.05) is 11.6 Å². The SMILES string of the molecule is Cc1n[nH]c(C)c1C(=O)N(CC(=O)O)c1ccc(Cl)cc1. The molecule has 0 aliphatic heterocycles. The number of carbonyl (C=O) groups excluding carboxylic acids is 1. The highest BCUT2D eigenvalue weighted by atomic mass is 35.5. The molecule has 0 bridgehead atoms. The number of rotatable bonds is 4. The number of carboxylic acids is 1. The molecule has 0 saturated heterocycles. The number of anilines is 1. The average Bonchev–Trinajstić information content (AvgIpc) is 2.76. The first-order valence-electron chi connectivity index (χ1n) is 6.21. The zero-order chi connectivity index (χ0) is 15.6. The first-order valence-corrected chi connectivity index (χ1v) is 6.58. The number of carbonyl (C=O) groups is 2. The number of benzene rings is 1. The Hall–Kier alpha value is -2.34. The van der Waals surface area contributed by atoms with Crippen molar-refractivity contribution in [2.45, 2.75) is 13.8 Å². The number of halogens is 1. The predicted molar refractivity (Wildman–Crippen MR) is 78.8 cm³/mol. The molecule has 0 aliphatic carbocycles. The molecule has 1 aromatic carbocycles. The number of nitrogens with one attached hydrogen (secondary N) is 1. The molecule has 1 aromatic heterocycles. The molecule has 7 heteroatoms. The fourth-order valence-corrected chi connectivity index (χ4v) is 2.16. The Morgan fingerprint density at radius 1 is 1.29 bits per heavy atom. The van der Waals surface area contributed by atoms with Gasteiger partial charge in [0, 0.05) is 16.4 Å². The van der Waals surface area contributed by atoms with E-state index in [1.807, 2.05) is 0 Å². The van der Waals surface area contributed by atoms with Gasteiger partial charge in [0.25, 0.3) is 5.91 Å². The second kappa shape index (κ2) is 5.97. The van der Waals surface area contributed by atoms with Crippen molar-refractivity contribution in [3.05, 3.63) is 46.2 Å². The normalized spacial score (nSPS) is 10.4. The number of carboxylic acid groups (broad SMARTS) is 1. The monoisotopic (exact) mass is 307 g/mol. The van der Waals surface area contributed by atoms with E-state index in [4.69, 9.17) is 16.7 Å². The standard InChI is InChI=1S/C14H14ClN3O3/c1-8-13(9(2)17-16-8)14(21)18(7-12(19)20)11-5-3-10(15)4-6-11/h3-6H,7H2,1-2H3,(H,16,17)(H,19,20). The van der Waals surface area contributed by atoms with Gasteiger partial charge in [0.05, 0.1) is 11.3 Å². The van der Waals surface area contributed by atoms with Crippen LogP contribution >= 0.6 is 11.6 Å². The third-order valence-electron chi connectivity index (χ3n) is 3.02. The number of amides is 1. The predicted octanol–water partition coefficient (Wildman–Crippen LogP) is 2.41. The van der Waals surface area contributed by atoms with Crippen LogP contribution in [0.4, 0.5) is 5.69 Å². The topological polar surface area (TPSA) is 86.3 Å². The van der Waals surface area contributed by atoms with Crippen LogP contribution in [0.5, 0.6) is 0 Å². The lowest BCUT2D eigenvalue weighted by Crippen LogP contribution is -2.36. The zero-order valence-corrected chi connectivity index (χ0v) is 12.3. The highest BCUT2D eigenvalue weighted by Crippen LogP contribution is 2.22. The summed E-state index contributed by atoms with van der Waals surface area (Å²) in [5, 5.41) is 16.2. The van der Waals surface area contributed by atoms with E-state index in [9.17, 15) is 9.59 Å². The van der Waals surface area contributed by atoms with E-state index >= 15 is 0 Å². The van der Waals surface area contributed by atoms with Crippen molar-refractivity contribution in [2.24, 2.45) is 0 Å². The molecule has 0 fully saturated rings. The van der Waals surface area contributed by atoms with Gasteiger partial charge in [-0.3, -0.25) is 19.6 Å².